The smallest absolute Gasteiger partial charge is 0.354 e. The van der Waals surface area contributed by atoms with Gasteiger partial charge in [-0.3, -0.25) is 0 Å². The van der Waals surface area contributed by atoms with Crippen LogP contribution in [0.2, 0.25) is 0 Å². The number of anilines is 3. The van der Waals surface area contributed by atoms with E-state index in [4.69, 9.17) is 0 Å². The second-order valence-corrected chi connectivity index (χ2v) is 5.37. The van der Waals surface area contributed by atoms with Crippen LogP contribution in [-0.4, -0.2) is 16.5 Å². The number of nitrogens with zero attached hydrogens (tertiary/aromatic N) is 2. The minimum Gasteiger partial charge on any atom is -0.354 e. The lowest BCUT2D eigenvalue weighted by Gasteiger charge is -2.12. The maximum atomic E-state index is 12.8. The van der Waals surface area contributed by atoms with E-state index in [1.807, 2.05) is 12.1 Å². The van der Waals surface area contributed by atoms with Crippen LogP contribution in [0.15, 0.2) is 30.3 Å². The lowest BCUT2D eigenvalue weighted by atomic mass is 10.3. The van der Waals surface area contributed by atoms with Crippen LogP contribution in [0, 0.1) is 3.57 Å². The standard InChI is InChI=1S/C13H12F3IN4/c1-2-18-12-20-10(13(14,15)16)7-11(21-12)19-9-5-3-4-8(17)6-9/h3-7H,2H2,1H3,(H2,18,19,20,21). The molecule has 1 aromatic heterocycles. The zero-order chi connectivity index (χ0) is 15.5. The lowest BCUT2D eigenvalue weighted by Crippen LogP contribution is -2.13. The van der Waals surface area contributed by atoms with Crippen molar-refractivity contribution < 1.29 is 13.2 Å². The van der Waals surface area contributed by atoms with E-state index in [0.29, 0.717) is 12.2 Å². The number of halogens is 4. The Morgan fingerprint density at radius 2 is 1.95 bits per heavy atom. The molecular weight excluding hydrogens is 396 g/mol. The highest BCUT2D eigenvalue weighted by atomic mass is 127. The van der Waals surface area contributed by atoms with Crippen molar-refractivity contribution in [3.63, 3.8) is 0 Å². The van der Waals surface area contributed by atoms with Crippen molar-refractivity contribution in [1.82, 2.24) is 9.97 Å². The summed E-state index contributed by atoms with van der Waals surface area (Å²) in [6, 6.07) is 8.14. The molecular formula is C13H12F3IN4. The molecule has 0 unspecified atom stereocenters. The summed E-state index contributed by atoms with van der Waals surface area (Å²) >= 11 is 2.12. The van der Waals surface area contributed by atoms with Gasteiger partial charge in [0.05, 0.1) is 0 Å². The summed E-state index contributed by atoms with van der Waals surface area (Å²) in [6.07, 6.45) is -4.52. The fourth-order valence-electron chi connectivity index (χ4n) is 1.61. The highest BCUT2D eigenvalue weighted by Gasteiger charge is 2.33. The quantitative estimate of drug-likeness (QED) is 0.742. The molecule has 0 saturated carbocycles. The van der Waals surface area contributed by atoms with E-state index in [0.717, 1.165) is 9.64 Å². The number of benzene rings is 1. The first-order valence-corrected chi connectivity index (χ1v) is 7.19. The molecule has 2 aromatic rings. The van der Waals surface area contributed by atoms with E-state index in [2.05, 4.69) is 43.2 Å². The maximum absolute atomic E-state index is 12.8. The molecule has 21 heavy (non-hydrogen) atoms. The lowest BCUT2D eigenvalue weighted by molar-refractivity contribution is -0.141. The van der Waals surface area contributed by atoms with E-state index in [9.17, 15) is 13.2 Å². The molecule has 0 amide bonds. The molecule has 1 aromatic carbocycles. The van der Waals surface area contributed by atoms with Gasteiger partial charge in [-0.2, -0.15) is 18.2 Å². The molecule has 112 valence electrons. The summed E-state index contributed by atoms with van der Waals surface area (Å²) < 4.78 is 39.5. The Labute approximate surface area is 133 Å². The monoisotopic (exact) mass is 408 g/mol. The van der Waals surface area contributed by atoms with Crippen LogP contribution in [-0.2, 0) is 6.18 Å². The van der Waals surface area contributed by atoms with Crippen LogP contribution in [0.1, 0.15) is 12.6 Å². The Morgan fingerprint density at radius 3 is 2.57 bits per heavy atom. The third-order valence-electron chi connectivity index (χ3n) is 2.45. The molecule has 0 saturated heterocycles. The van der Waals surface area contributed by atoms with Crippen molar-refractivity contribution in [2.45, 2.75) is 13.1 Å². The first kappa shape index (κ1) is 15.8. The van der Waals surface area contributed by atoms with E-state index < -0.39 is 11.9 Å². The number of rotatable bonds is 4. The summed E-state index contributed by atoms with van der Waals surface area (Å²) in [5.41, 5.74) is -0.322. The average Bonchev–Trinajstić information content (AvgIpc) is 2.37. The summed E-state index contributed by atoms with van der Waals surface area (Å²) in [4.78, 5) is 7.49. The Balaban J connectivity index is 2.35. The first-order valence-electron chi connectivity index (χ1n) is 6.11. The molecule has 0 fully saturated rings. The third-order valence-corrected chi connectivity index (χ3v) is 3.12. The van der Waals surface area contributed by atoms with Crippen molar-refractivity contribution in [1.29, 1.82) is 0 Å². The Bertz CT molecular complexity index is 631. The van der Waals surface area contributed by atoms with Crippen molar-refractivity contribution >= 4 is 40.0 Å². The van der Waals surface area contributed by atoms with Crippen LogP contribution < -0.4 is 10.6 Å². The molecule has 0 aliphatic rings. The minimum atomic E-state index is -4.52. The molecule has 0 spiro atoms. The summed E-state index contributed by atoms with van der Waals surface area (Å²) in [5, 5.41) is 5.55. The van der Waals surface area contributed by atoms with Gasteiger partial charge >= 0.3 is 6.18 Å². The Kier molecular flexibility index (Phi) is 4.86. The van der Waals surface area contributed by atoms with Gasteiger partial charge in [0, 0.05) is 21.9 Å². The molecule has 4 nitrogen and oxygen atoms in total. The van der Waals surface area contributed by atoms with Crippen molar-refractivity contribution in [3.8, 4) is 0 Å². The zero-order valence-electron chi connectivity index (χ0n) is 11.0. The predicted molar refractivity (Wildman–Crippen MR) is 83.6 cm³/mol. The van der Waals surface area contributed by atoms with Crippen molar-refractivity contribution in [3.05, 3.63) is 39.6 Å². The molecule has 0 radical (unpaired) electrons. The number of aromatic nitrogens is 2. The van der Waals surface area contributed by atoms with Crippen molar-refractivity contribution in [2.24, 2.45) is 0 Å². The van der Waals surface area contributed by atoms with Gasteiger partial charge in [-0.15, -0.1) is 0 Å². The van der Waals surface area contributed by atoms with Gasteiger partial charge < -0.3 is 10.6 Å². The molecule has 1 heterocycles. The highest BCUT2D eigenvalue weighted by Crippen LogP contribution is 2.30. The normalized spacial score (nSPS) is 11.3. The van der Waals surface area contributed by atoms with Gasteiger partial charge in [0.2, 0.25) is 5.95 Å². The number of alkyl halides is 3. The van der Waals surface area contributed by atoms with Gasteiger partial charge in [-0.1, -0.05) is 6.07 Å². The highest BCUT2D eigenvalue weighted by molar-refractivity contribution is 14.1. The summed E-state index contributed by atoms with van der Waals surface area (Å²) in [7, 11) is 0. The molecule has 0 aliphatic heterocycles. The van der Waals surface area contributed by atoms with E-state index in [1.54, 1.807) is 19.1 Å². The molecule has 8 heteroatoms. The van der Waals surface area contributed by atoms with E-state index in [-0.39, 0.29) is 11.8 Å². The summed E-state index contributed by atoms with van der Waals surface area (Å²) in [5.74, 6) is 0.0377. The van der Waals surface area contributed by atoms with E-state index in [1.165, 1.54) is 0 Å². The van der Waals surface area contributed by atoms with Crippen LogP contribution in [0.3, 0.4) is 0 Å². The van der Waals surface area contributed by atoms with Gasteiger partial charge in [0.1, 0.15) is 5.82 Å². The largest absolute Gasteiger partial charge is 0.433 e. The topological polar surface area (TPSA) is 49.8 Å². The SMILES string of the molecule is CCNc1nc(Nc2cccc(I)c2)cc(C(F)(F)F)n1. The molecule has 0 bridgehead atoms. The van der Waals surface area contributed by atoms with Crippen molar-refractivity contribution in [2.75, 3.05) is 17.2 Å². The Morgan fingerprint density at radius 1 is 1.19 bits per heavy atom. The van der Waals surface area contributed by atoms with Gasteiger partial charge in [-0.05, 0) is 47.7 Å². The molecule has 2 rings (SSSR count). The van der Waals surface area contributed by atoms with Gasteiger partial charge in [0.15, 0.2) is 5.69 Å². The van der Waals surface area contributed by atoms with Gasteiger partial charge in [-0.25, -0.2) is 4.98 Å². The minimum absolute atomic E-state index is 0.0551. The predicted octanol–water partition coefficient (Wildman–Crippen LogP) is 4.28. The molecule has 0 atom stereocenters. The maximum Gasteiger partial charge on any atom is 0.433 e. The van der Waals surface area contributed by atoms with Crippen LogP contribution in [0.25, 0.3) is 0 Å². The Hall–Kier alpha value is -1.58. The zero-order valence-corrected chi connectivity index (χ0v) is 13.2. The second-order valence-electron chi connectivity index (χ2n) is 4.13. The number of nitrogens with one attached hydrogen (secondary N) is 2. The third kappa shape index (κ3) is 4.45. The average molecular weight is 408 g/mol. The summed E-state index contributed by atoms with van der Waals surface area (Å²) in [6.45, 7) is 2.19. The molecule has 2 N–H and O–H groups in total. The van der Waals surface area contributed by atoms with Crippen LogP contribution in [0.4, 0.5) is 30.6 Å². The fraction of sp³-hybridized carbons (Fsp3) is 0.231. The number of hydrogen-bond donors (Lipinski definition) is 2. The van der Waals surface area contributed by atoms with E-state index >= 15 is 0 Å². The molecule has 0 aliphatic carbocycles. The van der Waals surface area contributed by atoms with Crippen LogP contribution >= 0.6 is 22.6 Å². The van der Waals surface area contributed by atoms with Crippen LogP contribution in [0.5, 0.6) is 0 Å². The fourth-order valence-corrected chi connectivity index (χ4v) is 2.15. The second kappa shape index (κ2) is 6.46. The van der Waals surface area contributed by atoms with Gasteiger partial charge in [0.25, 0.3) is 0 Å². The first-order chi connectivity index (χ1) is 9.88. The number of hydrogen-bond acceptors (Lipinski definition) is 4.